The summed E-state index contributed by atoms with van der Waals surface area (Å²) in [5.74, 6) is 0.714. The minimum absolute atomic E-state index is 0.160. The van der Waals surface area contributed by atoms with Gasteiger partial charge < -0.3 is 9.47 Å². The Kier molecular flexibility index (Phi) is 11.8. The summed E-state index contributed by atoms with van der Waals surface area (Å²) in [5, 5.41) is 0. The molecule has 42 heavy (non-hydrogen) atoms. The molecule has 0 saturated carbocycles. The van der Waals surface area contributed by atoms with E-state index in [2.05, 4.69) is 81.1 Å². The van der Waals surface area contributed by atoms with Crippen molar-refractivity contribution in [2.75, 3.05) is 6.54 Å². The van der Waals surface area contributed by atoms with Crippen molar-refractivity contribution >= 4 is 5.97 Å². The molecular formula is C38H45NO3. The number of rotatable bonds is 15. The summed E-state index contributed by atoms with van der Waals surface area (Å²) in [4.78, 5) is 15.2. The Bertz CT molecular complexity index is 1350. The van der Waals surface area contributed by atoms with Crippen LogP contribution >= 0.6 is 0 Å². The van der Waals surface area contributed by atoms with E-state index >= 15 is 0 Å². The highest BCUT2D eigenvalue weighted by atomic mass is 16.5. The second-order valence-corrected chi connectivity index (χ2v) is 11.5. The van der Waals surface area contributed by atoms with E-state index in [0.717, 1.165) is 48.2 Å². The molecule has 4 aromatic carbocycles. The third-order valence-corrected chi connectivity index (χ3v) is 7.75. The van der Waals surface area contributed by atoms with Gasteiger partial charge in [-0.3, -0.25) is 4.90 Å². The average Bonchev–Trinajstić information content (AvgIpc) is 3.02. The summed E-state index contributed by atoms with van der Waals surface area (Å²) in [7, 11) is 0. The van der Waals surface area contributed by atoms with Crippen LogP contribution in [0.5, 0.6) is 5.75 Å². The zero-order chi connectivity index (χ0) is 29.7. The molecule has 0 N–H and O–H groups in total. The molecule has 4 nitrogen and oxygen atoms in total. The highest BCUT2D eigenvalue weighted by Gasteiger charge is 2.21. The molecule has 4 heteroatoms. The van der Waals surface area contributed by atoms with Gasteiger partial charge in [0.15, 0.2) is 0 Å². The van der Waals surface area contributed by atoms with Gasteiger partial charge in [-0.15, -0.1) is 0 Å². The summed E-state index contributed by atoms with van der Waals surface area (Å²) in [6, 6.07) is 37.4. The fourth-order valence-electron chi connectivity index (χ4n) is 5.58. The van der Waals surface area contributed by atoms with Crippen molar-refractivity contribution in [3.8, 4) is 5.75 Å². The summed E-state index contributed by atoms with van der Waals surface area (Å²) < 4.78 is 12.2. The predicted octanol–water partition coefficient (Wildman–Crippen LogP) is 9.04. The van der Waals surface area contributed by atoms with Crippen molar-refractivity contribution in [2.45, 2.75) is 78.2 Å². The lowest BCUT2D eigenvalue weighted by atomic mass is 9.85. The normalized spacial score (nSPS) is 12.1. The van der Waals surface area contributed by atoms with E-state index in [1.807, 2.05) is 48.5 Å². The van der Waals surface area contributed by atoms with Crippen LogP contribution in [0.4, 0.5) is 0 Å². The first-order valence-electron chi connectivity index (χ1n) is 15.2. The molecule has 0 aliphatic carbocycles. The highest BCUT2D eigenvalue weighted by molar-refractivity contribution is 5.89. The lowest BCUT2D eigenvalue weighted by Gasteiger charge is -2.30. The van der Waals surface area contributed by atoms with E-state index in [4.69, 9.17) is 9.47 Å². The number of hydrogen-bond donors (Lipinski definition) is 0. The fourth-order valence-corrected chi connectivity index (χ4v) is 5.58. The van der Waals surface area contributed by atoms with Crippen LogP contribution in [0.2, 0.25) is 0 Å². The van der Waals surface area contributed by atoms with Crippen LogP contribution in [0, 0.1) is 0 Å². The quantitative estimate of drug-likeness (QED) is 0.107. The summed E-state index contributed by atoms with van der Waals surface area (Å²) in [6.07, 6.45) is 3.23. The molecule has 0 amide bonds. The fraction of sp³-hybridized carbons (Fsp3) is 0.342. The number of benzene rings is 4. The van der Waals surface area contributed by atoms with E-state index < -0.39 is 0 Å². The van der Waals surface area contributed by atoms with Crippen molar-refractivity contribution < 1.29 is 14.3 Å². The van der Waals surface area contributed by atoms with Gasteiger partial charge in [-0.25, -0.2) is 4.79 Å². The largest absolute Gasteiger partial charge is 0.489 e. The SMILES string of the molecule is CC(C)N(CCCCC(c1ccccc1)c1cc(COC(=O)c2ccccc2)ccc1OCc1ccccc1)C(C)C. The molecule has 0 saturated heterocycles. The number of carbonyl (C=O) groups is 1. The third kappa shape index (κ3) is 9.06. The number of nitrogens with zero attached hydrogens (tertiary/aromatic N) is 1. The first-order valence-corrected chi connectivity index (χ1v) is 15.2. The van der Waals surface area contributed by atoms with E-state index in [1.54, 1.807) is 12.1 Å². The lowest BCUT2D eigenvalue weighted by molar-refractivity contribution is 0.0472. The molecule has 0 heterocycles. The zero-order valence-corrected chi connectivity index (χ0v) is 25.5. The number of carbonyl (C=O) groups excluding carboxylic acids is 1. The Morgan fingerprint density at radius 2 is 1.31 bits per heavy atom. The van der Waals surface area contributed by atoms with E-state index in [-0.39, 0.29) is 18.5 Å². The van der Waals surface area contributed by atoms with E-state index in [9.17, 15) is 4.79 Å². The van der Waals surface area contributed by atoms with Gasteiger partial charge >= 0.3 is 5.97 Å². The molecule has 1 atom stereocenters. The molecule has 0 radical (unpaired) electrons. The Hall–Kier alpha value is -3.89. The van der Waals surface area contributed by atoms with Gasteiger partial charge in [0, 0.05) is 23.6 Å². The Labute approximate surface area is 252 Å². The second kappa shape index (κ2) is 15.9. The molecule has 0 spiro atoms. The Balaban J connectivity index is 1.58. The lowest BCUT2D eigenvalue weighted by Crippen LogP contribution is -2.37. The Morgan fingerprint density at radius 1 is 0.690 bits per heavy atom. The van der Waals surface area contributed by atoms with Crippen LogP contribution in [0.25, 0.3) is 0 Å². The number of ether oxygens (including phenoxy) is 2. The van der Waals surface area contributed by atoms with Crippen LogP contribution in [0.3, 0.4) is 0 Å². The molecule has 0 aliphatic rings. The third-order valence-electron chi connectivity index (χ3n) is 7.75. The maximum Gasteiger partial charge on any atom is 0.338 e. The molecule has 0 bridgehead atoms. The molecule has 220 valence electrons. The van der Waals surface area contributed by atoms with Crippen LogP contribution in [-0.4, -0.2) is 29.5 Å². The standard InChI is InChI=1S/C38H45NO3/c1-29(2)39(30(3)4)25-15-14-22-35(33-18-10-6-11-19-33)36-26-32(28-42-38(40)34-20-12-7-13-21-34)23-24-37(36)41-27-31-16-8-5-9-17-31/h5-13,16-21,23-24,26,29-30,35H,14-15,22,25,27-28H2,1-4H3. The number of hydrogen-bond acceptors (Lipinski definition) is 4. The molecule has 0 aromatic heterocycles. The Morgan fingerprint density at radius 3 is 1.95 bits per heavy atom. The second-order valence-electron chi connectivity index (χ2n) is 11.5. The minimum Gasteiger partial charge on any atom is -0.489 e. The van der Waals surface area contributed by atoms with Crippen LogP contribution in [0.1, 0.15) is 85.5 Å². The predicted molar refractivity (Wildman–Crippen MR) is 172 cm³/mol. The molecular weight excluding hydrogens is 518 g/mol. The maximum atomic E-state index is 12.7. The molecule has 0 aliphatic heterocycles. The number of unbranched alkanes of at least 4 members (excludes halogenated alkanes) is 1. The van der Waals surface area contributed by atoms with Gasteiger partial charge in [-0.2, -0.15) is 0 Å². The van der Waals surface area contributed by atoms with Crippen molar-refractivity contribution in [1.29, 1.82) is 0 Å². The van der Waals surface area contributed by atoms with Gasteiger partial charge in [0.1, 0.15) is 19.0 Å². The van der Waals surface area contributed by atoms with Gasteiger partial charge in [0.2, 0.25) is 0 Å². The van der Waals surface area contributed by atoms with Crippen molar-refractivity contribution in [3.05, 3.63) is 137 Å². The highest BCUT2D eigenvalue weighted by Crippen LogP contribution is 2.37. The van der Waals surface area contributed by atoms with Gasteiger partial charge in [0.05, 0.1) is 5.56 Å². The summed E-state index contributed by atoms with van der Waals surface area (Å²) >= 11 is 0. The molecule has 0 fully saturated rings. The number of esters is 1. The summed E-state index contributed by atoms with van der Waals surface area (Å²) in [6.45, 7) is 10.9. The van der Waals surface area contributed by atoms with Crippen LogP contribution in [0.15, 0.2) is 109 Å². The first kappa shape index (κ1) is 31.1. The molecule has 4 rings (SSSR count). The van der Waals surface area contributed by atoms with E-state index in [1.165, 1.54) is 5.56 Å². The van der Waals surface area contributed by atoms with Crippen molar-refractivity contribution in [1.82, 2.24) is 4.90 Å². The smallest absolute Gasteiger partial charge is 0.338 e. The van der Waals surface area contributed by atoms with E-state index in [0.29, 0.717) is 24.3 Å². The monoisotopic (exact) mass is 563 g/mol. The van der Waals surface area contributed by atoms with Crippen molar-refractivity contribution in [3.63, 3.8) is 0 Å². The van der Waals surface area contributed by atoms with Crippen LogP contribution < -0.4 is 4.74 Å². The van der Waals surface area contributed by atoms with Gasteiger partial charge in [-0.05, 0) is 88.0 Å². The zero-order valence-electron chi connectivity index (χ0n) is 25.5. The van der Waals surface area contributed by atoms with Crippen LogP contribution in [-0.2, 0) is 18.0 Å². The topological polar surface area (TPSA) is 38.8 Å². The summed E-state index contributed by atoms with van der Waals surface area (Å²) in [5.41, 5.74) is 5.04. The van der Waals surface area contributed by atoms with Gasteiger partial charge in [0.25, 0.3) is 0 Å². The van der Waals surface area contributed by atoms with Gasteiger partial charge in [-0.1, -0.05) is 91.3 Å². The average molecular weight is 564 g/mol. The molecule has 4 aromatic rings. The molecule has 1 unspecified atom stereocenters. The maximum absolute atomic E-state index is 12.7. The van der Waals surface area contributed by atoms with Crippen molar-refractivity contribution in [2.24, 2.45) is 0 Å². The first-order chi connectivity index (χ1) is 20.4. The minimum atomic E-state index is -0.318.